The number of aliphatic carboxylic acids is 1. The van der Waals surface area contributed by atoms with Gasteiger partial charge in [0, 0.05) is 0 Å². The van der Waals surface area contributed by atoms with Gasteiger partial charge in [-0.3, -0.25) is 0 Å². The minimum absolute atomic E-state index is 0.349. The van der Waals surface area contributed by atoms with Crippen molar-refractivity contribution in [3.05, 3.63) is 35.9 Å². The van der Waals surface area contributed by atoms with Gasteiger partial charge in [0.1, 0.15) is 6.26 Å². The van der Waals surface area contributed by atoms with Crippen LogP contribution < -0.4 is 0 Å². The summed E-state index contributed by atoms with van der Waals surface area (Å²) < 4.78 is 11.4. The first kappa shape index (κ1) is 15.5. The highest BCUT2D eigenvalue weighted by atomic mass is 32.2. The maximum absolute atomic E-state index is 11.5. The molecule has 0 aliphatic carbocycles. The molecular weight excluding hydrogens is 292 g/mol. The summed E-state index contributed by atoms with van der Waals surface area (Å²) >= 11 is 0.888. The second-order valence-electron chi connectivity index (χ2n) is 4.81. The second-order valence-corrected chi connectivity index (χ2v) is 7.42. The molecule has 1 aromatic carbocycles. The fourth-order valence-electron chi connectivity index (χ4n) is 2.24. The van der Waals surface area contributed by atoms with E-state index in [2.05, 4.69) is 0 Å². The number of hydrogen-bond acceptors (Lipinski definition) is 3. The van der Waals surface area contributed by atoms with Crippen molar-refractivity contribution in [1.29, 1.82) is 0 Å². The van der Waals surface area contributed by atoms with E-state index in [-0.39, 0.29) is 0 Å². The standard InChI is InChI=1S/C15H18O3S2/c1-20(18)13-4-2-12(3-5-13)14(15(16)17)10-11-6-8-19-9-7-11/h2-5,10-11H,6-9H2,1H3,(H,16,17)/b14-10+. The van der Waals surface area contributed by atoms with E-state index in [1.54, 1.807) is 30.5 Å². The van der Waals surface area contributed by atoms with Gasteiger partial charge in [0.25, 0.3) is 0 Å². The number of benzene rings is 1. The van der Waals surface area contributed by atoms with Gasteiger partial charge in [-0.1, -0.05) is 6.08 Å². The van der Waals surface area contributed by atoms with Crippen LogP contribution in [0.25, 0.3) is 5.57 Å². The Morgan fingerprint density at radius 3 is 2.45 bits per heavy atom. The van der Waals surface area contributed by atoms with Crippen molar-refractivity contribution >= 4 is 34.5 Å². The molecule has 1 aromatic rings. The highest BCUT2D eigenvalue weighted by molar-refractivity contribution is 7.99. The molecule has 1 N–H and O–H groups in total. The van der Waals surface area contributed by atoms with Gasteiger partial charge in [0.2, 0.25) is 0 Å². The Balaban J connectivity index is 2.23. The van der Waals surface area contributed by atoms with Crippen molar-refractivity contribution in [2.45, 2.75) is 17.7 Å². The Bertz CT molecular complexity index is 488. The minimum atomic E-state index is -1.04. The molecule has 0 saturated carbocycles. The summed E-state index contributed by atoms with van der Waals surface area (Å²) in [5.74, 6) is 1.65. The first-order chi connectivity index (χ1) is 9.58. The third-order valence-electron chi connectivity index (χ3n) is 3.40. The minimum Gasteiger partial charge on any atom is -0.612 e. The van der Waals surface area contributed by atoms with Gasteiger partial charge in [-0.2, -0.15) is 11.8 Å². The fraction of sp³-hybridized carbons (Fsp3) is 0.400. The maximum Gasteiger partial charge on any atom is 0.335 e. The van der Waals surface area contributed by atoms with E-state index >= 15 is 0 Å². The summed E-state index contributed by atoms with van der Waals surface area (Å²) in [5, 5.41) is 9.40. The van der Waals surface area contributed by atoms with Crippen LogP contribution >= 0.6 is 11.8 Å². The molecular formula is C15H18O3S2. The van der Waals surface area contributed by atoms with Crippen molar-refractivity contribution in [2.75, 3.05) is 17.8 Å². The lowest BCUT2D eigenvalue weighted by Gasteiger charge is -2.18. The summed E-state index contributed by atoms with van der Waals surface area (Å²) in [4.78, 5) is 12.2. The number of allylic oxidation sites excluding steroid dienone is 1. The molecule has 1 heterocycles. The second kappa shape index (κ2) is 7.20. The molecule has 0 amide bonds. The smallest absolute Gasteiger partial charge is 0.335 e. The summed E-state index contributed by atoms with van der Waals surface area (Å²) in [5.41, 5.74) is 1.04. The van der Waals surface area contributed by atoms with Crippen molar-refractivity contribution in [3.8, 4) is 0 Å². The fourth-order valence-corrected chi connectivity index (χ4v) is 3.90. The Labute approximate surface area is 126 Å². The number of carbonyl (C=O) groups is 1. The van der Waals surface area contributed by atoms with Gasteiger partial charge < -0.3 is 9.66 Å². The van der Waals surface area contributed by atoms with E-state index in [9.17, 15) is 14.5 Å². The molecule has 0 bridgehead atoms. The van der Waals surface area contributed by atoms with Crippen LogP contribution in [-0.2, 0) is 16.0 Å². The van der Waals surface area contributed by atoms with Crippen LogP contribution in [0.1, 0.15) is 18.4 Å². The monoisotopic (exact) mass is 310 g/mol. The van der Waals surface area contributed by atoms with E-state index in [0.29, 0.717) is 21.9 Å². The number of rotatable bonds is 4. The summed E-state index contributed by atoms with van der Waals surface area (Å²) in [6.07, 6.45) is 5.58. The van der Waals surface area contributed by atoms with Crippen molar-refractivity contribution in [2.24, 2.45) is 5.92 Å². The molecule has 20 heavy (non-hydrogen) atoms. The van der Waals surface area contributed by atoms with E-state index in [1.165, 1.54) is 0 Å². The largest absolute Gasteiger partial charge is 0.612 e. The first-order valence-electron chi connectivity index (χ1n) is 6.54. The average Bonchev–Trinajstić information content (AvgIpc) is 2.45. The van der Waals surface area contributed by atoms with Gasteiger partial charge in [0.15, 0.2) is 4.90 Å². The van der Waals surface area contributed by atoms with E-state index in [4.69, 9.17) is 0 Å². The summed E-state index contributed by atoms with van der Waals surface area (Å²) in [6.45, 7) is 0. The topological polar surface area (TPSA) is 60.4 Å². The number of thioether (sulfide) groups is 1. The lowest BCUT2D eigenvalue weighted by Crippen LogP contribution is -2.10. The summed E-state index contributed by atoms with van der Waals surface area (Å²) in [7, 11) is 0. The lowest BCUT2D eigenvalue weighted by molar-refractivity contribution is -0.130. The highest BCUT2D eigenvalue weighted by Gasteiger charge is 2.17. The predicted molar refractivity (Wildman–Crippen MR) is 84.4 cm³/mol. The van der Waals surface area contributed by atoms with Crippen LogP contribution in [0.2, 0.25) is 0 Å². The van der Waals surface area contributed by atoms with Crippen LogP contribution in [0.5, 0.6) is 0 Å². The van der Waals surface area contributed by atoms with E-state index in [0.717, 1.165) is 24.3 Å². The van der Waals surface area contributed by atoms with Gasteiger partial charge in [-0.05, 0) is 71.3 Å². The van der Waals surface area contributed by atoms with Crippen LogP contribution in [0, 0.1) is 5.92 Å². The van der Waals surface area contributed by atoms with Gasteiger partial charge >= 0.3 is 5.97 Å². The van der Waals surface area contributed by atoms with E-state index in [1.807, 2.05) is 17.8 Å². The zero-order valence-electron chi connectivity index (χ0n) is 11.4. The number of hydrogen-bond donors (Lipinski definition) is 1. The molecule has 1 aliphatic rings. The third-order valence-corrected chi connectivity index (χ3v) is 5.38. The van der Waals surface area contributed by atoms with Crippen molar-refractivity contribution < 1.29 is 14.5 Å². The van der Waals surface area contributed by atoms with Crippen LogP contribution in [0.15, 0.2) is 35.2 Å². The zero-order valence-corrected chi connectivity index (χ0v) is 13.0. The Hall–Kier alpha value is -0.910. The Kier molecular flexibility index (Phi) is 5.57. The van der Waals surface area contributed by atoms with Crippen LogP contribution in [0.4, 0.5) is 0 Å². The molecule has 1 saturated heterocycles. The normalized spacial score (nSPS) is 18.8. The number of carboxylic acid groups (broad SMARTS) is 1. The molecule has 1 fully saturated rings. The quantitative estimate of drug-likeness (QED) is 0.686. The number of carboxylic acids is 1. The third kappa shape index (κ3) is 4.04. The predicted octanol–water partition coefficient (Wildman–Crippen LogP) is 3.04. The first-order valence-corrected chi connectivity index (χ1v) is 9.26. The Morgan fingerprint density at radius 2 is 1.95 bits per heavy atom. The molecule has 1 aliphatic heterocycles. The maximum atomic E-state index is 11.5. The molecule has 0 aromatic heterocycles. The lowest BCUT2D eigenvalue weighted by atomic mass is 9.96. The summed E-state index contributed by atoms with van der Waals surface area (Å²) in [6, 6.07) is 6.96. The highest BCUT2D eigenvalue weighted by Crippen LogP contribution is 2.27. The van der Waals surface area contributed by atoms with E-state index < -0.39 is 17.1 Å². The molecule has 1 atom stereocenters. The Morgan fingerprint density at radius 1 is 1.35 bits per heavy atom. The van der Waals surface area contributed by atoms with Crippen molar-refractivity contribution in [1.82, 2.24) is 0 Å². The molecule has 0 radical (unpaired) electrons. The molecule has 3 nitrogen and oxygen atoms in total. The van der Waals surface area contributed by atoms with Crippen LogP contribution in [0.3, 0.4) is 0 Å². The molecule has 108 valence electrons. The van der Waals surface area contributed by atoms with Crippen molar-refractivity contribution in [3.63, 3.8) is 0 Å². The van der Waals surface area contributed by atoms with Crippen LogP contribution in [-0.4, -0.2) is 33.4 Å². The van der Waals surface area contributed by atoms with Gasteiger partial charge in [-0.15, -0.1) is 0 Å². The van der Waals surface area contributed by atoms with Gasteiger partial charge in [-0.25, -0.2) is 4.79 Å². The zero-order chi connectivity index (χ0) is 14.5. The average molecular weight is 310 g/mol. The molecule has 5 heteroatoms. The molecule has 2 rings (SSSR count). The van der Waals surface area contributed by atoms with Gasteiger partial charge in [0.05, 0.1) is 5.57 Å². The molecule has 1 unspecified atom stereocenters. The SMILES string of the molecule is C[S+]([O-])c1ccc(/C(=C\C2CCSCC2)C(=O)O)cc1. The molecule has 0 spiro atoms.